The molecule has 1 atom stereocenters. The molecule has 7 nitrogen and oxygen atoms in total. The molecular formula is C19H21N5O2S. The highest BCUT2D eigenvalue weighted by atomic mass is 32.1. The van der Waals surface area contributed by atoms with E-state index in [-0.39, 0.29) is 11.9 Å². The average molecular weight is 383 g/mol. The maximum absolute atomic E-state index is 12.6. The average Bonchev–Trinajstić information content (AvgIpc) is 3.42. The Bertz CT molecular complexity index is 901. The van der Waals surface area contributed by atoms with Crippen LogP contribution in [-0.4, -0.2) is 43.5 Å². The van der Waals surface area contributed by atoms with Crippen molar-refractivity contribution in [3.63, 3.8) is 0 Å². The Balaban J connectivity index is 1.40. The zero-order chi connectivity index (χ0) is 18.8. The maximum atomic E-state index is 12.6. The zero-order valence-corrected chi connectivity index (χ0v) is 16.2. The highest BCUT2D eigenvalue weighted by molar-refractivity contribution is 7.07. The quantitative estimate of drug-likeness (QED) is 0.671. The predicted octanol–water partition coefficient (Wildman–Crippen LogP) is 3.44. The Morgan fingerprint density at radius 1 is 1.30 bits per heavy atom. The lowest BCUT2D eigenvalue weighted by Gasteiger charge is -2.23. The lowest BCUT2D eigenvalue weighted by atomic mass is 10.1. The number of hydrogen-bond acceptors (Lipinski definition) is 7. The molecule has 27 heavy (non-hydrogen) atoms. The van der Waals surface area contributed by atoms with Gasteiger partial charge in [-0.1, -0.05) is 5.16 Å². The number of rotatable bonds is 5. The largest absolute Gasteiger partial charge is 0.361 e. The SMILES string of the molecule is Cc1noc(C)c1-c1cnc(CC[C@@H]2CCCN2C(=O)c2cscn2)cn1. The van der Waals surface area contributed by atoms with Crippen LogP contribution in [0.5, 0.6) is 0 Å². The Morgan fingerprint density at radius 3 is 2.85 bits per heavy atom. The van der Waals surface area contributed by atoms with Gasteiger partial charge < -0.3 is 9.42 Å². The van der Waals surface area contributed by atoms with Crippen LogP contribution in [0.2, 0.25) is 0 Å². The summed E-state index contributed by atoms with van der Waals surface area (Å²) in [5, 5.41) is 5.78. The smallest absolute Gasteiger partial charge is 0.273 e. The van der Waals surface area contributed by atoms with E-state index in [4.69, 9.17) is 4.52 Å². The minimum atomic E-state index is 0.0404. The summed E-state index contributed by atoms with van der Waals surface area (Å²) in [6.07, 6.45) is 7.32. The fourth-order valence-corrected chi connectivity index (χ4v) is 4.17. The lowest BCUT2D eigenvalue weighted by Crippen LogP contribution is -2.36. The molecule has 0 bridgehead atoms. The number of carbonyl (C=O) groups is 1. The molecule has 8 heteroatoms. The summed E-state index contributed by atoms with van der Waals surface area (Å²) in [5.41, 5.74) is 5.68. The van der Waals surface area contributed by atoms with E-state index < -0.39 is 0 Å². The summed E-state index contributed by atoms with van der Waals surface area (Å²) in [5.74, 6) is 0.787. The number of thiazole rings is 1. The first-order valence-corrected chi connectivity index (χ1v) is 10.0. The van der Waals surface area contributed by atoms with Crippen LogP contribution in [0.4, 0.5) is 0 Å². The fourth-order valence-electron chi connectivity index (χ4n) is 3.64. The number of nitrogens with zero attached hydrogens (tertiary/aromatic N) is 5. The zero-order valence-electron chi connectivity index (χ0n) is 15.4. The molecule has 0 saturated carbocycles. The van der Waals surface area contributed by atoms with Crippen LogP contribution >= 0.6 is 11.3 Å². The van der Waals surface area contributed by atoms with E-state index in [2.05, 4.69) is 20.1 Å². The number of hydrogen-bond donors (Lipinski definition) is 0. The van der Waals surface area contributed by atoms with Crippen molar-refractivity contribution < 1.29 is 9.32 Å². The molecule has 1 aliphatic rings. The number of aromatic nitrogens is 4. The van der Waals surface area contributed by atoms with Crippen LogP contribution < -0.4 is 0 Å². The first kappa shape index (κ1) is 17.8. The van der Waals surface area contributed by atoms with Crippen molar-refractivity contribution in [1.29, 1.82) is 0 Å². The Labute approximate surface area is 161 Å². The summed E-state index contributed by atoms with van der Waals surface area (Å²) < 4.78 is 5.20. The van der Waals surface area contributed by atoms with Crippen molar-refractivity contribution in [2.24, 2.45) is 0 Å². The predicted molar refractivity (Wildman–Crippen MR) is 101 cm³/mol. The van der Waals surface area contributed by atoms with Crippen LogP contribution in [0.3, 0.4) is 0 Å². The van der Waals surface area contributed by atoms with E-state index in [0.717, 1.165) is 60.6 Å². The van der Waals surface area contributed by atoms with Crippen molar-refractivity contribution in [2.45, 2.75) is 45.6 Å². The van der Waals surface area contributed by atoms with Crippen molar-refractivity contribution in [3.8, 4) is 11.3 Å². The van der Waals surface area contributed by atoms with Crippen molar-refractivity contribution in [1.82, 2.24) is 25.0 Å². The summed E-state index contributed by atoms with van der Waals surface area (Å²) in [7, 11) is 0. The van der Waals surface area contributed by atoms with E-state index in [0.29, 0.717) is 5.69 Å². The molecule has 3 aromatic heterocycles. The van der Waals surface area contributed by atoms with Gasteiger partial charge in [0.1, 0.15) is 11.5 Å². The Morgan fingerprint density at radius 2 is 2.19 bits per heavy atom. The topological polar surface area (TPSA) is 85.0 Å². The van der Waals surface area contributed by atoms with E-state index >= 15 is 0 Å². The highest BCUT2D eigenvalue weighted by Crippen LogP contribution is 2.26. The lowest BCUT2D eigenvalue weighted by molar-refractivity contribution is 0.0725. The van der Waals surface area contributed by atoms with Gasteiger partial charge in [-0.25, -0.2) is 4.98 Å². The summed E-state index contributed by atoms with van der Waals surface area (Å²) >= 11 is 1.45. The molecule has 4 rings (SSSR count). The molecule has 140 valence electrons. The molecule has 1 aliphatic heterocycles. The van der Waals surface area contributed by atoms with E-state index in [1.807, 2.05) is 30.3 Å². The maximum Gasteiger partial charge on any atom is 0.273 e. The second kappa shape index (κ2) is 7.56. The van der Waals surface area contributed by atoms with Crippen molar-refractivity contribution >= 4 is 17.2 Å². The van der Waals surface area contributed by atoms with Gasteiger partial charge in [-0.15, -0.1) is 11.3 Å². The minimum absolute atomic E-state index is 0.0404. The molecule has 0 aromatic carbocycles. The number of amides is 1. The Hall–Kier alpha value is -2.61. The molecule has 0 aliphatic carbocycles. The van der Waals surface area contributed by atoms with Crippen LogP contribution in [0.25, 0.3) is 11.3 Å². The Kier molecular flexibility index (Phi) is 4.98. The van der Waals surface area contributed by atoms with Crippen LogP contribution in [-0.2, 0) is 6.42 Å². The second-order valence-electron chi connectivity index (χ2n) is 6.80. The molecule has 0 N–H and O–H groups in total. The van der Waals surface area contributed by atoms with Crippen LogP contribution in [0.15, 0.2) is 27.8 Å². The highest BCUT2D eigenvalue weighted by Gasteiger charge is 2.30. The van der Waals surface area contributed by atoms with E-state index in [1.54, 1.807) is 11.7 Å². The van der Waals surface area contributed by atoms with Crippen LogP contribution in [0, 0.1) is 13.8 Å². The van der Waals surface area contributed by atoms with Gasteiger partial charge >= 0.3 is 0 Å². The van der Waals surface area contributed by atoms with Gasteiger partial charge in [-0.2, -0.15) is 0 Å². The fraction of sp³-hybridized carbons (Fsp3) is 0.421. The third-order valence-corrected chi connectivity index (χ3v) is 5.60. The molecule has 0 unspecified atom stereocenters. The molecule has 0 radical (unpaired) electrons. The van der Waals surface area contributed by atoms with Gasteiger partial charge in [0, 0.05) is 24.2 Å². The number of likely N-dealkylation sites (tertiary alicyclic amines) is 1. The molecule has 0 spiro atoms. The molecule has 1 saturated heterocycles. The van der Waals surface area contributed by atoms with E-state index in [9.17, 15) is 4.79 Å². The van der Waals surface area contributed by atoms with Gasteiger partial charge in [-0.05, 0) is 39.5 Å². The number of aryl methyl sites for hydroxylation is 3. The molecular weight excluding hydrogens is 362 g/mol. The minimum Gasteiger partial charge on any atom is -0.361 e. The third kappa shape index (κ3) is 3.62. The van der Waals surface area contributed by atoms with Gasteiger partial charge in [0.05, 0.1) is 34.4 Å². The van der Waals surface area contributed by atoms with Gasteiger partial charge in [0.25, 0.3) is 5.91 Å². The monoisotopic (exact) mass is 383 g/mol. The van der Waals surface area contributed by atoms with E-state index in [1.165, 1.54) is 11.3 Å². The summed E-state index contributed by atoms with van der Waals surface area (Å²) in [6.45, 7) is 4.58. The van der Waals surface area contributed by atoms with Crippen molar-refractivity contribution in [3.05, 3.63) is 46.1 Å². The first-order chi connectivity index (χ1) is 13.1. The second-order valence-corrected chi connectivity index (χ2v) is 7.52. The van der Waals surface area contributed by atoms with Crippen LogP contribution in [0.1, 0.15) is 46.9 Å². The standard InChI is InChI=1S/C19H21N5O2S/c1-12-18(13(2)26-23-12)16-9-20-14(8-21-16)5-6-15-4-3-7-24(15)19(25)17-10-27-11-22-17/h8-11,15H,3-7H2,1-2H3/t15-/m0/s1. The summed E-state index contributed by atoms with van der Waals surface area (Å²) in [4.78, 5) is 27.8. The van der Waals surface area contributed by atoms with Crippen molar-refractivity contribution in [2.75, 3.05) is 6.54 Å². The molecule has 3 aromatic rings. The number of carbonyl (C=O) groups excluding carboxylic acids is 1. The normalized spacial score (nSPS) is 16.8. The van der Waals surface area contributed by atoms with Gasteiger partial charge in [0.15, 0.2) is 0 Å². The summed E-state index contributed by atoms with van der Waals surface area (Å²) in [6, 6.07) is 0.239. The molecule has 1 fully saturated rings. The van der Waals surface area contributed by atoms with Gasteiger partial charge in [0.2, 0.25) is 0 Å². The third-order valence-electron chi connectivity index (χ3n) is 5.02. The molecule has 4 heterocycles. The molecule has 1 amide bonds. The van der Waals surface area contributed by atoms with Gasteiger partial charge in [-0.3, -0.25) is 14.8 Å². The first-order valence-electron chi connectivity index (χ1n) is 9.07.